The molecule has 0 atom stereocenters. The van der Waals surface area contributed by atoms with E-state index in [9.17, 15) is 13.0 Å². The van der Waals surface area contributed by atoms with Gasteiger partial charge in [0.2, 0.25) is 0 Å². The van der Waals surface area contributed by atoms with Crippen molar-refractivity contribution in [3.8, 4) is 0 Å². The van der Waals surface area contributed by atoms with Gasteiger partial charge in [-0.15, -0.1) is 17.0 Å². The minimum Gasteiger partial charge on any atom is -0.744 e. The van der Waals surface area contributed by atoms with E-state index >= 15 is 0 Å². The van der Waals surface area contributed by atoms with Crippen LogP contribution in [0.1, 0.15) is 5.56 Å². The van der Waals surface area contributed by atoms with Crippen LogP contribution < -0.4 is 45.5 Å². The van der Waals surface area contributed by atoms with Crippen LogP contribution in [0, 0.1) is 0 Å². The third-order valence-corrected chi connectivity index (χ3v) is 10.4. The van der Waals surface area contributed by atoms with E-state index in [2.05, 4.69) is 36.4 Å². The second kappa shape index (κ2) is 11.7. The zero-order valence-electron chi connectivity index (χ0n) is 17.7. The summed E-state index contributed by atoms with van der Waals surface area (Å²) < 4.78 is 35.4. The Labute approximate surface area is 223 Å². The zero-order chi connectivity index (χ0) is 21.0. The first-order valence-corrected chi connectivity index (χ1v) is 13.0. The maximum Gasteiger partial charge on any atom is 1.00 e. The van der Waals surface area contributed by atoms with Gasteiger partial charge in [-0.2, -0.15) is 0 Å². The van der Waals surface area contributed by atoms with Crippen LogP contribution in [-0.4, -0.2) is 13.0 Å². The minimum atomic E-state index is -4.56. The molecule has 0 heterocycles. The van der Waals surface area contributed by atoms with Gasteiger partial charge in [-0.1, -0.05) is 72.8 Å². The number of halogens is 1. The van der Waals surface area contributed by atoms with Gasteiger partial charge in [0.15, 0.2) is 0 Å². The molecule has 0 aliphatic rings. The molecule has 4 aromatic carbocycles. The molecule has 0 saturated carbocycles. The van der Waals surface area contributed by atoms with E-state index in [1.807, 2.05) is 60.7 Å². The van der Waals surface area contributed by atoms with Crippen LogP contribution >= 0.6 is 24.2 Å². The first kappa shape index (κ1) is 26.9. The molecular formula is C25H22BrNaO3PS+. The minimum absolute atomic E-state index is 0. The molecule has 0 unspecified atom stereocenters. The quantitative estimate of drug-likeness (QED) is 0.214. The Morgan fingerprint density at radius 1 is 0.625 bits per heavy atom. The molecule has 4 aromatic rings. The summed E-state index contributed by atoms with van der Waals surface area (Å²) in [6, 6.07) is 37.1. The zero-order valence-corrected chi connectivity index (χ0v) is 23.1. The first-order chi connectivity index (χ1) is 14.5. The number of hydrogen-bond acceptors (Lipinski definition) is 3. The van der Waals surface area contributed by atoms with Gasteiger partial charge in [0.1, 0.15) is 33.3 Å². The maximum absolute atomic E-state index is 11.8. The van der Waals surface area contributed by atoms with Crippen LogP contribution in [0.3, 0.4) is 0 Å². The molecule has 3 nitrogen and oxygen atoms in total. The molecule has 0 aliphatic heterocycles. The van der Waals surface area contributed by atoms with Crippen molar-refractivity contribution in [3.05, 3.63) is 121 Å². The maximum atomic E-state index is 11.8. The molecule has 0 spiro atoms. The van der Waals surface area contributed by atoms with Crippen molar-refractivity contribution in [1.82, 2.24) is 0 Å². The predicted octanol–water partition coefficient (Wildman–Crippen LogP) is 1.67. The third-order valence-electron chi connectivity index (χ3n) is 5.20. The summed E-state index contributed by atoms with van der Waals surface area (Å²) in [7, 11) is -6.83. The third kappa shape index (κ3) is 5.78. The van der Waals surface area contributed by atoms with E-state index in [-0.39, 0.29) is 51.4 Å². The molecule has 0 fully saturated rings. The molecule has 158 valence electrons. The summed E-state index contributed by atoms with van der Waals surface area (Å²) in [6.45, 7) is 0. The summed E-state index contributed by atoms with van der Waals surface area (Å²) in [4.78, 5) is -0.190. The van der Waals surface area contributed by atoms with E-state index in [0.717, 1.165) is 27.6 Å². The van der Waals surface area contributed by atoms with Crippen molar-refractivity contribution in [2.75, 3.05) is 0 Å². The van der Waals surface area contributed by atoms with Crippen LogP contribution in [0.2, 0.25) is 0 Å². The molecule has 0 aromatic heterocycles. The molecule has 0 radical (unpaired) electrons. The average Bonchev–Trinajstić information content (AvgIpc) is 2.79. The van der Waals surface area contributed by atoms with Crippen LogP contribution in [0.15, 0.2) is 120 Å². The first-order valence-electron chi connectivity index (χ1n) is 9.60. The van der Waals surface area contributed by atoms with E-state index < -0.39 is 17.4 Å². The van der Waals surface area contributed by atoms with E-state index in [1.54, 1.807) is 12.1 Å². The van der Waals surface area contributed by atoms with Crippen molar-refractivity contribution in [3.63, 3.8) is 0 Å². The molecule has 32 heavy (non-hydrogen) atoms. The number of hydrogen-bond donors (Lipinski definition) is 0. The van der Waals surface area contributed by atoms with Gasteiger partial charge >= 0.3 is 29.6 Å². The average molecular weight is 536 g/mol. The summed E-state index contributed by atoms with van der Waals surface area (Å²) in [5, 5.41) is 3.15. The fourth-order valence-corrected chi connectivity index (χ4v) is 8.69. The van der Waals surface area contributed by atoms with E-state index in [0.29, 0.717) is 0 Å². The van der Waals surface area contributed by atoms with Crippen LogP contribution in [0.5, 0.6) is 0 Å². The fourth-order valence-electron chi connectivity index (χ4n) is 3.82. The van der Waals surface area contributed by atoms with Gasteiger partial charge in [0, 0.05) is 0 Å². The van der Waals surface area contributed by atoms with Gasteiger partial charge in [-0.25, -0.2) is 8.42 Å². The molecule has 0 N–H and O–H groups in total. The van der Waals surface area contributed by atoms with Crippen LogP contribution in [0.4, 0.5) is 0 Å². The molecule has 0 saturated heterocycles. The molecule has 7 heteroatoms. The Morgan fingerprint density at radius 3 is 1.53 bits per heavy atom. The standard InChI is InChI=1S/C25H21O3PS.BrH.Na/c26-30(27,28)25-18-10-17-24(19-25)29(22-13-6-2-7-14-22,23-15-8-3-9-16-23)20-21-11-4-1-5-12-21;;/h1-19H,20H2;1H;/q;;+1. The Hall–Kier alpha value is -1.30. The smallest absolute Gasteiger partial charge is 0.744 e. The molecule has 0 amide bonds. The largest absolute Gasteiger partial charge is 1.00 e. The van der Waals surface area contributed by atoms with E-state index in [1.165, 1.54) is 6.07 Å². The van der Waals surface area contributed by atoms with Gasteiger partial charge < -0.3 is 4.55 Å². The second-order valence-corrected chi connectivity index (χ2v) is 11.9. The normalized spacial score (nSPS) is 11.2. The molecular weight excluding hydrogens is 514 g/mol. The Bertz CT molecular complexity index is 1200. The van der Waals surface area contributed by atoms with Gasteiger partial charge in [0.25, 0.3) is 0 Å². The fraction of sp³-hybridized carbons (Fsp3) is 0.0400. The van der Waals surface area contributed by atoms with Crippen molar-refractivity contribution >= 4 is 50.3 Å². The van der Waals surface area contributed by atoms with Crippen LogP contribution in [0.25, 0.3) is 0 Å². The SMILES string of the molecule is Br.O=S(=O)([O-])c1cccc([P+](Cc2ccccc2)(c2ccccc2)c2ccccc2)c1.[Na+]. The van der Waals surface area contributed by atoms with Gasteiger partial charge in [-0.3, -0.25) is 0 Å². The van der Waals surface area contributed by atoms with Crippen molar-refractivity contribution in [2.45, 2.75) is 11.1 Å². The Morgan fingerprint density at radius 2 is 1.06 bits per heavy atom. The van der Waals surface area contributed by atoms with Crippen molar-refractivity contribution in [1.29, 1.82) is 0 Å². The van der Waals surface area contributed by atoms with Crippen molar-refractivity contribution < 1.29 is 42.5 Å². The summed E-state index contributed by atoms with van der Waals surface area (Å²) >= 11 is 0. The Balaban J connectivity index is 0.00000181. The summed E-state index contributed by atoms with van der Waals surface area (Å²) in [6.07, 6.45) is 0.726. The van der Waals surface area contributed by atoms with Crippen molar-refractivity contribution in [2.24, 2.45) is 0 Å². The van der Waals surface area contributed by atoms with Gasteiger partial charge in [0.05, 0.1) is 11.1 Å². The summed E-state index contributed by atoms with van der Waals surface area (Å²) in [5.74, 6) is 0. The number of benzene rings is 4. The predicted molar refractivity (Wildman–Crippen MR) is 134 cm³/mol. The van der Waals surface area contributed by atoms with Gasteiger partial charge in [-0.05, 0) is 48.0 Å². The number of rotatable bonds is 6. The van der Waals surface area contributed by atoms with E-state index in [4.69, 9.17) is 0 Å². The van der Waals surface area contributed by atoms with Crippen LogP contribution in [-0.2, 0) is 16.3 Å². The Kier molecular flexibility index (Phi) is 9.86. The monoisotopic (exact) mass is 535 g/mol. The second-order valence-electron chi connectivity index (χ2n) is 7.08. The molecule has 0 aliphatic carbocycles. The topological polar surface area (TPSA) is 57.2 Å². The molecule has 4 rings (SSSR count). The molecule has 0 bridgehead atoms. The summed E-state index contributed by atoms with van der Waals surface area (Å²) in [5.41, 5.74) is 1.16.